The minimum Gasteiger partial charge on any atom is -0.478 e. The van der Waals surface area contributed by atoms with Crippen molar-refractivity contribution in [3.8, 4) is 5.75 Å². The van der Waals surface area contributed by atoms with E-state index in [1.165, 1.54) is 23.8 Å². The summed E-state index contributed by atoms with van der Waals surface area (Å²) in [6.07, 6.45) is 0. The summed E-state index contributed by atoms with van der Waals surface area (Å²) in [4.78, 5) is 12.5. The Labute approximate surface area is 153 Å². The molecule has 0 heterocycles. The monoisotopic (exact) mass is 363 g/mol. The van der Waals surface area contributed by atoms with Crippen molar-refractivity contribution in [2.75, 3.05) is 5.32 Å². The van der Waals surface area contributed by atoms with Crippen LogP contribution in [0.25, 0.3) is 0 Å². The predicted molar refractivity (Wildman–Crippen MR) is 99.9 cm³/mol. The molecular weight excluding hydrogens is 341 g/mol. The van der Waals surface area contributed by atoms with Gasteiger partial charge < -0.3 is 10.1 Å². The number of amides is 1. The quantitative estimate of drug-likeness (QED) is 0.770. The molecule has 0 unspecified atom stereocenters. The van der Waals surface area contributed by atoms with Crippen LogP contribution in [0, 0.1) is 5.82 Å². The summed E-state index contributed by atoms with van der Waals surface area (Å²) in [5, 5.41) is 2.64. The fraction of sp³-hybridized carbons (Fsp3) is 0.350. The highest BCUT2D eigenvalue weighted by atomic mass is 35.5. The van der Waals surface area contributed by atoms with Gasteiger partial charge >= 0.3 is 0 Å². The molecule has 2 rings (SSSR count). The second-order valence-electron chi connectivity index (χ2n) is 7.47. The number of rotatable bonds is 4. The average molecular weight is 364 g/mol. The number of carbonyl (C=O) groups excluding carboxylic acids is 1. The lowest BCUT2D eigenvalue weighted by Gasteiger charge is -2.26. The van der Waals surface area contributed by atoms with Gasteiger partial charge in [0.15, 0.2) is 5.60 Å². The molecule has 2 aromatic rings. The Morgan fingerprint density at radius 3 is 2.16 bits per heavy atom. The van der Waals surface area contributed by atoms with Crippen molar-refractivity contribution in [3.63, 3.8) is 0 Å². The van der Waals surface area contributed by atoms with Gasteiger partial charge in [0.25, 0.3) is 5.91 Å². The van der Waals surface area contributed by atoms with Gasteiger partial charge in [0.05, 0.1) is 5.02 Å². The number of nitrogens with one attached hydrogen (secondary N) is 1. The molecule has 0 radical (unpaired) electrons. The van der Waals surface area contributed by atoms with Crippen LogP contribution in [-0.2, 0) is 10.2 Å². The van der Waals surface area contributed by atoms with Crippen LogP contribution in [0.3, 0.4) is 0 Å². The smallest absolute Gasteiger partial charge is 0.267 e. The highest BCUT2D eigenvalue weighted by Crippen LogP contribution is 2.27. The normalized spacial score (nSPS) is 12.0. The molecule has 0 spiro atoms. The first-order valence-corrected chi connectivity index (χ1v) is 8.43. The summed E-state index contributed by atoms with van der Waals surface area (Å²) in [6, 6.07) is 11.7. The molecule has 0 saturated carbocycles. The summed E-state index contributed by atoms with van der Waals surface area (Å²) in [5.74, 6) is -0.283. The van der Waals surface area contributed by atoms with Crippen molar-refractivity contribution in [1.29, 1.82) is 0 Å². The Kier molecular flexibility index (Phi) is 5.43. The van der Waals surface area contributed by atoms with Gasteiger partial charge in [0.1, 0.15) is 11.6 Å². The molecular formula is C20H23ClFNO2. The maximum absolute atomic E-state index is 13.2. The fourth-order valence-electron chi connectivity index (χ4n) is 2.22. The molecule has 0 fully saturated rings. The van der Waals surface area contributed by atoms with Crippen molar-refractivity contribution in [2.45, 2.75) is 45.6 Å². The second kappa shape index (κ2) is 7.04. The van der Waals surface area contributed by atoms with Gasteiger partial charge in [-0.2, -0.15) is 0 Å². The maximum Gasteiger partial charge on any atom is 0.267 e. The molecule has 0 aromatic heterocycles. The van der Waals surface area contributed by atoms with Crippen LogP contribution in [0.5, 0.6) is 5.75 Å². The van der Waals surface area contributed by atoms with Crippen molar-refractivity contribution in [3.05, 3.63) is 58.9 Å². The zero-order valence-electron chi connectivity index (χ0n) is 15.1. The number of benzene rings is 2. The van der Waals surface area contributed by atoms with Gasteiger partial charge in [0.2, 0.25) is 0 Å². The van der Waals surface area contributed by atoms with E-state index in [9.17, 15) is 9.18 Å². The van der Waals surface area contributed by atoms with E-state index in [4.69, 9.17) is 16.3 Å². The third kappa shape index (κ3) is 4.95. The van der Waals surface area contributed by atoms with Gasteiger partial charge in [-0.1, -0.05) is 44.5 Å². The minimum atomic E-state index is -1.11. The van der Waals surface area contributed by atoms with E-state index in [1.54, 1.807) is 13.8 Å². The van der Waals surface area contributed by atoms with Crippen molar-refractivity contribution in [2.24, 2.45) is 0 Å². The molecule has 2 aromatic carbocycles. The summed E-state index contributed by atoms with van der Waals surface area (Å²) < 4.78 is 19.0. The molecule has 0 aliphatic carbocycles. The topological polar surface area (TPSA) is 38.3 Å². The minimum absolute atomic E-state index is 0.0470. The number of carbonyl (C=O) groups is 1. The van der Waals surface area contributed by atoms with E-state index in [-0.39, 0.29) is 16.3 Å². The standard InChI is InChI=1S/C20H23ClFNO2/c1-19(2,3)13-6-9-15(10-7-13)25-20(4,5)18(24)23-14-8-11-17(22)16(21)12-14/h6-12H,1-5H3,(H,23,24). The van der Waals surface area contributed by atoms with Gasteiger partial charge in [-0.3, -0.25) is 4.79 Å². The number of hydrogen-bond donors (Lipinski definition) is 1. The summed E-state index contributed by atoms with van der Waals surface area (Å²) in [6.45, 7) is 9.74. The van der Waals surface area contributed by atoms with Gasteiger partial charge in [-0.25, -0.2) is 4.39 Å². The lowest BCUT2D eigenvalue weighted by molar-refractivity contribution is -0.128. The first-order valence-electron chi connectivity index (χ1n) is 8.05. The van der Waals surface area contributed by atoms with Crippen LogP contribution in [0.1, 0.15) is 40.2 Å². The molecule has 3 nitrogen and oxygen atoms in total. The van der Waals surface area contributed by atoms with Crippen LogP contribution < -0.4 is 10.1 Å². The maximum atomic E-state index is 13.2. The van der Waals surface area contributed by atoms with E-state index in [1.807, 2.05) is 24.3 Å². The van der Waals surface area contributed by atoms with Crippen molar-refractivity contribution >= 4 is 23.2 Å². The summed E-state index contributed by atoms with van der Waals surface area (Å²) >= 11 is 5.74. The molecule has 0 atom stereocenters. The lowest BCUT2D eigenvalue weighted by Crippen LogP contribution is -2.42. The van der Waals surface area contributed by atoms with E-state index in [2.05, 4.69) is 26.1 Å². The van der Waals surface area contributed by atoms with E-state index < -0.39 is 11.4 Å². The van der Waals surface area contributed by atoms with Gasteiger partial charge in [0, 0.05) is 5.69 Å². The Hall–Kier alpha value is -2.07. The Morgan fingerprint density at radius 2 is 1.64 bits per heavy atom. The van der Waals surface area contributed by atoms with E-state index in [0.29, 0.717) is 11.4 Å². The molecule has 0 aliphatic rings. The number of ether oxygens (including phenoxy) is 1. The Bertz CT molecular complexity index is 764. The zero-order valence-corrected chi connectivity index (χ0v) is 15.9. The Balaban J connectivity index is 2.09. The number of hydrogen-bond acceptors (Lipinski definition) is 2. The fourth-order valence-corrected chi connectivity index (χ4v) is 2.40. The Morgan fingerprint density at radius 1 is 1.04 bits per heavy atom. The molecule has 5 heteroatoms. The van der Waals surface area contributed by atoms with Crippen molar-refractivity contribution < 1.29 is 13.9 Å². The SMILES string of the molecule is CC(C)(Oc1ccc(C(C)(C)C)cc1)C(=O)Nc1ccc(F)c(Cl)c1. The average Bonchev–Trinajstić information content (AvgIpc) is 2.50. The largest absolute Gasteiger partial charge is 0.478 e. The highest BCUT2D eigenvalue weighted by Gasteiger charge is 2.30. The second-order valence-corrected chi connectivity index (χ2v) is 7.88. The van der Waals surface area contributed by atoms with Crippen LogP contribution in [-0.4, -0.2) is 11.5 Å². The van der Waals surface area contributed by atoms with Crippen molar-refractivity contribution in [1.82, 2.24) is 0 Å². The first kappa shape index (κ1) is 19.3. The first-order chi connectivity index (χ1) is 11.5. The summed E-state index contributed by atoms with van der Waals surface area (Å²) in [7, 11) is 0. The van der Waals surface area contributed by atoms with Crippen LogP contribution in [0.4, 0.5) is 10.1 Å². The summed E-state index contributed by atoms with van der Waals surface area (Å²) in [5.41, 5.74) is 0.538. The predicted octanol–water partition coefficient (Wildman–Crippen LogP) is 5.57. The zero-order chi connectivity index (χ0) is 18.8. The molecule has 25 heavy (non-hydrogen) atoms. The third-order valence-electron chi connectivity index (χ3n) is 3.82. The number of anilines is 1. The molecule has 0 bridgehead atoms. The van der Waals surface area contributed by atoms with Crippen LogP contribution in [0.15, 0.2) is 42.5 Å². The lowest BCUT2D eigenvalue weighted by atomic mass is 9.87. The molecule has 1 N–H and O–H groups in total. The van der Waals surface area contributed by atoms with Gasteiger partial charge in [-0.15, -0.1) is 0 Å². The van der Waals surface area contributed by atoms with Gasteiger partial charge in [-0.05, 0) is 55.2 Å². The van der Waals surface area contributed by atoms with E-state index in [0.717, 1.165) is 0 Å². The molecule has 0 saturated heterocycles. The molecule has 1 amide bonds. The number of halogens is 2. The highest BCUT2D eigenvalue weighted by molar-refractivity contribution is 6.31. The third-order valence-corrected chi connectivity index (χ3v) is 4.11. The molecule has 0 aliphatic heterocycles. The van der Waals surface area contributed by atoms with Crippen LogP contribution in [0.2, 0.25) is 5.02 Å². The molecule has 134 valence electrons. The van der Waals surface area contributed by atoms with Crippen LogP contribution >= 0.6 is 11.6 Å². The van der Waals surface area contributed by atoms with E-state index >= 15 is 0 Å².